The molecular formula is C12H17ClF5NOSi. The molecule has 0 unspecified atom stereocenters. The number of hydrogen-bond acceptors (Lipinski definition) is 2. The van der Waals surface area contributed by atoms with Gasteiger partial charge < -0.3 is 10.2 Å². The summed E-state index contributed by atoms with van der Waals surface area (Å²) in [5.74, 6) is -4.55. The first-order valence-electron chi connectivity index (χ1n) is 5.84. The minimum Gasteiger partial charge on any atom is -0.544 e. The van der Waals surface area contributed by atoms with Gasteiger partial charge in [0, 0.05) is 0 Å². The van der Waals surface area contributed by atoms with E-state index in [4.69, 9.17) is 10.2 Å². The third-order valence-corrected chi connectivity index (χ3v) is 3.28. The van der Waals surface area contributed by atoms with Crippen molar-refractivity contribution in [3.8, 4) is 5.75 Å². The Bertz CT molecular complexity index is 458. The predicted octanol–water partition coefficient (Wildman–Crippen LogP) is 4.52. The van der Waals surface area contributed by atoms with Gasteiger partial charge in [-0.2, -0.15) is 22.0 Å². The maximum Gasteiger partial charge on any atom is 0.455 e. The lowest BCUT2D eigenvalue weighted by Gasteiger charge is -2.26. The highest BCUT2D eigenvalue weighted by Crippen LogP contribution is 2.43. The highest BCUT2D eigenvalue weighted by atomic mass is 35.5. The first-order valence-corrected chi connectivity index (χ1v) is 9.24. The van der Waals surface area contributed by atoms with Crippen LogP contribution in [0.5, 0.6) is 5.75 Å². The van der Waals surface area contributed by atoms with Gasteiger partial charge in [0.2, 0.25) is 8.32 Å². The summed E-state index contributed by atoms with van der Waals surface area (Å²) in [6.07, 6.45) is -5.68. The molecule has 0 spiro atoms. The van der Waals surface area contributed by atoms with Crippen LogP contribution in [0.2, 0.25) is 19.6 Å². The Balaban J connectivity index is 0.00000400. The van der Waals surface area contributed by atoms with Crippen molar-refractivity contribution in [1.82, 2.24) is 0 Å². The van der Waals surface area contributed by atoms with Gasteiger partial charge >= 0.3 is 12.1 Å². The van der Waals surface area contributed by atoms with Crippen molar-refractivity contribution in [2.24, 2.45) is 5.73 Å². The van der Waals surface area contributed by atoms with Crippen molar-refractivity contribution in [3.63, 3.8) is 0 Å². The molecule has 1 atom stereocenters. The average molecular weight is 350 g/mol. The number of hydrogen-bond donors (Lipinski definition) is 1. The minimum atomic E-state index is -5.68. The molecule has 0 bridgehead atoms. The molecular weight excluding hydrogens is 333 g/mol. The van der Waals surface area contributed by atoms with Gasteiger partial charge in [-0.05, 0) is 37.3 Å². The molecule has 0 heterocycles. The third kappa shape index (κ3) is 5.12. The maximum absolute atomic E-state index is 13.1. The van der Waals surface area contributed by atoms with Crippen molar-refractivity contribution in [3.05, 3.63) is 29.8 Å². The van der Waals surface area contributed by atoms with Gasteiger partial charge in [-0.1, -0.05) is 12.1 Å². The fourth-order valence-electron chi connectivity index (χ4n) is 1.48. The topological polar surface area (TPSA) is 35.2 Å². The number of halogens is 6. The number of benzene rings is 1. The zero-order valence-corrected chi connectivity index (χ0v) is 13.5. The van der Waals surface area contributed by atoms with E-state index in [1.807, 2.05) is 19.6 Å². The highest BCUT2D eigenvalue weighted by Gasteiger charge is 2.61. The van der Waals surface area contributed by atoms with Gasteiger partial charge in [-0.3, -0.25) is 0 Å². The second-order valence-electron chi connectivity index (χ2n) is 5.38. The summed E-state index contributed by atoms with van der Waals surface area (Å²) < 4.78 is 68.5. The summed E-state index contributed by atoms with van der Waals surface area (Å²) in [7, 11) is -1.87. The molecule has 0 fully saturated rings. The van der Waals surface area contributed by atoms with Gasteiger partial charge in [0.05, 0.1) is 0 Å². The Morgan fingerprint density at radius 1 is 1.00 bits per heavy atom. The molecule has 2 N–H and O–H groups in total. The Morgan fingerprint density at radius 2 is 1.43 bits per heavy atom. The number of nitrogens with two attached hydrogens (primary N) is 1. The molecule has 0 aliphatic heterocycles. The monoisotopic (exact) mass is 349 g/mol. The lowest BCUT2D eigenvalue weighted by molar-refractivity contribution is -0.291. The zero-order valence-electron chi connectivity index (χ0n) is 11.7. The molecule has 1 aromatic carbocycles. The van der Waals surface area contributed by atoms with E-state index in [1.165, 1.54) is 12.1 Å². The van der Waals surface area contributed by atoms with Gasteiger partial charge in [0.15, 0.2) is 0 Å². The lowest BCUT2D eigenvalue weighted by atomic mass is 10.0. The molecule has 0 saturated heterocycles. The van der Waals surface area contributed by atoms with E-state index in [2.05, 4.69) is 0 Å². The third-order valence-electron chi connectivity index (χ3n) is 2.43. The summed E-state index contributed by atoms with van der Waals surface area (Å²) in [4.78, 5) is 0. The van der Waals surface area contributed by atoms with Crippen LogP contribution in [0.15, 0.2) is 24.3 Å². The standard InChI is InChI=1S/C12H16F5NOSi.ClH/c1-20(2,3)19-9-6-4-8(5-7-9)10(18)11(13,14)12(15,16)17;/h4-7,10H,18H2,1-3H3;1H/t10-;/m1./s1. The Kier molecular flexibility index (Phi) is 6.23. The number of alkyl halides is 5. The van der Waals surface area contributed by atoms with Gasteiger partial charge in [-0.25, -0.2) is 0 Å². The van der Waals surface area contributed by atoms with E-state index < -0.39 is 26.5 Å². The average Bonchev–Trinajstić information content (AvgIpc) is 2.25. The van der Waals surface area contributed by atoms with Crippen LogP contribution >= 0.6 is 12.4 Å². The smallest absolute Gasteiger partial charge is 0.455 e. The SMILES string of the molecule is C[Si](C)(C)Oc1ccc([C@@H](N)C(F)(F)C(F)(F)F)cc1.Cl. The van der Waals surface area contributed by atoms with Crippen molar-refractivity contribution in [1.29, 1.82) is 0 Å². The number of rotatable bonds is 4. The van der Waals surface area contributed by atoms with E-state index in [0.717, 1.165) is 12.1 Å². The first-order chi connectivity index (χ1) is 8.84. The molecule has 0 aromatic heterocycles. The second-order valence-corrected chi connectivity index (χ2v) is 9.81. The Morgan fingerprint density at radius 3 is 1.76 bits per heavy atom. The van der Waals surface area contributed by atoms with E-state index in [0.29, 0.717) is 5.75 Å². The van der Waals surface area contributed by atoms with Crippen molar-refractivity contribution >= 4 is 20.7 Å². The van der Waals surface area contributed by atoms with E-state index in [9.17, 15) is 22.0 Å². The molecule has 0 aliphatic carbocycles. The summed E-state index contributed by atoms with van der Waals surface area (Å²) in [6, 6.07) is 2.50. The fourth-order valence-corrected chi connectivity index (χ4v) is 2.33. The molecule has 9 heteroatoms. The van der Waals surface area contributed by atoms with Gasteiger partial charge in [0.25, 0.3) is 0 Å². The minimum absolute atomic E-state index is 0. The molecule has 0 aliphatic rings. The van der Waals surface area contributed by atoms with Crippen molar-refractivity contribution < 1.29 is 26.4 Å². The van der Waals surface area contributed by atoms with Crippen molar-refractivity contribution in [2.45, 2.75) is 37.8 Å². The van der Waals surface area contributed by atoms with Crippen LogP contribution in [-0.4, -0.2) is 20.4 Å². The van der Waals surface area contributed by atoms with E-state index >= 15 is 0 Å². The van der Waals surface area contributed by atoms with Crippen LogP contribution in [-0.2, 0) is 0 Å². The Labute approximate surface area is 127 Å². The molecule has 1 rings (SSSR count). The summed E-state index contributed by atoms with van der Waals surface area (Å²) in [5.41, 5.74) is 4.74. The quantitative estimate of drug-likeness (QED) is 0.640. The first kappa shape index (κ1) is 20.1. The lowest BCUT2D eigenvalue weighted by Crippen LogP contribution is -2.45. The highest BCUT2D eigenvalue weighted by molar-refractivity contribution is 6.70. The van der Waals surface area contributed by atoms with Crippen LogP contribution in [0.4, 0.5) is 22.0 Å². The molecule has 0 radical (unpaired) electrons. The maximum atomic E-state index is 13.1. The largest absolute Gasteiger partial charge is 0.544 e. The normalized spacial score (nSPS) is 14.3. The molecule has 0 saturated carbocycles. The Hall–Kier alpha value is -0.863. The summed E-state index contributed by atoms with van der Waals surface area (Å²) >= 11 is 0. The molecule has 2 nitrogen and oxygen atoms in total. The van der Waals surface area contributed by atoms with Crippen LogP contribution in [0.1, 0.15) is 11.6 Å². The van der Waals surface area contributed by atoms with Gasteiger partial charge in [0.1, 0.15) is 11.8 Å². The molecule has 1 aromatic rings. The van der Waals surface area contributed by atoms with Crippen LogP contribution in [0.3, 0.4) is 0 Å². The zero-order chi connectivity index (χ0) is 15.8. The summed E-state index contributed by atoms with van der Waals surface area (Å²) in [5, 5.41) is 0. The molecule has 122 valence electrons. The molecule has 0 amide bonds. The van der Waals surface area contributed by atoms with Crippen molar-refractivity contribution in [2.75, 3.05) is 0 Å². The van der Waals surface area contributed by atoms with E-state index in [-0.39, 0.29) is 18.0 Å². The fraction of sp³-hybridized carbons (Fsp3) is 0.500. The van der Waals surface area contributed by atoms with Crippen LogP contribution in [0.25, 0.3) is 0 Å². The summed E-state index contributed by atoms with van der Waals surface area (Å²) in [6.45, 7) is 5.76. The molecule has 21 heavy (non-hydrogen) atoms. The van der Waals surface area contributed by atoms with Crippen LogP contribution < -0.4 is 10.2 Å². The predicted molar refractivity (Wildman–Crippen MR) is 75.6 cm³/mol. The van der Waals surface area contributed by atoms with Crippen LogP contribution in [0, 0.1) is 0 Å². The van der Waals surface area contributed by atoms with E-state index in [1.54, 1.807) is 0 Å². The second kappa shape index (κ2) is 6.49. The van der Waals surface area contributed by atoms with Gasteiger partial charge in [-0.15, -0.1) is 12.4 Å².